The van der Waals surface area contributed by atoms with E-state index in [0.717, 1.165) is 5.56 Å². The Bertz CT molecular complexity index is 434. The van der Waals surface area contributed by atoms with E-state index in [1.165, 1.54) is 0 Å². The maximum absolute atomic E-state index is 5.63. The molecule has 0 bridgehead atoms. The van der Waals surface area contributed by atoms with Crippen LogP contribution in [0.25, 0.3) is 0 Å². The number of hydrogen-bond acceptors (Lipinski definition) is 5. The van der Waals surface area contributed by atoms with E-state index in [2.05, 4.69) is 10.4 Å². The van der Waals surface area contributed by atoms with Crippen LogP contribution in [0.15, 0.2) is 17.1 Å². The Morgan fingerprint density at radius 1 is 1.05 bits per heavy atom. The first-order valence-electron chi connectivity index (χ1n) is 6.71. The molecule has 6 nitrogen and oxygen atoms in total. The van der Waals surface area contributed by atoms with Crippen LogP contribution in [-0.2, 0) is 0 Å². The summed E-state index contributed by atoms with van der Waals surface area (Å²) in [6.45, 7) is 7.34. The minimum Gasteiger partial charge on any atom is -0.490 e. The summed E-state index contributed by atoms with van der Waals surface area (Å²) in [5, 5.41) is 0. The summed E-state index contributed by atoms with van der Waals surface area (Å²) in [5.74, 6) is 7.86. The fourth-order valence-corrected chi connectivity index (χ4v) is 1.80. The molecule has 0 fully saturated rings. The topological polar surface area (TPSA) is 78.1 Å². The second-order valence-electron chi connectivity index (χ2n) is 3.82. The number of nitrogens with one attached hydrogen (secondary N) is 1. The largest absolute Gasteiger partial charge is 0.490 e. The van der Waals surface area contributed by atoms with E-state index in [-0.39, 0.29) is 0 Å². The van der Waals surface area contributed by atoms with Gasteiger partial charge < -0.3 is 19.6 Å². The van der Waals surface area contributed by atoms with Crippen LogP contribution in [0.2, 0.25) is 0 Å². The number of aliphatic imine (C=N–C) groups is 1. The molecule has 0 unspecified atom stereocenters. The van der Waals surface area contributed by atoms with Gasteiger partial charge in [-0.25, -0.2) is 5.84 Å². The quantitative estimate of drug-likeness (QED) is 0.344. The predicted octanol–water partition coefficient (Wildman–Crippen LogP) is 1.72. The summed E-state index contributed by atoms with van der Waals surface area (Å²) in [6, 6.07) is 3.67. The van der Waals surface area contributed by atoms with Crippen molar-refractivity contribution in [2.75, 3.05) is 26.9 Å². The molecule has 112 valence electrons. The molecule has 0 amide bonds. The smallest absolute Gasteiger partial charge is 0.203 e. The number of hydrogen-bond donors (Lipinski definition) is 2. The molecule has 0 heterocycles. The van der Waals surface area contributed by atoms with Crippen LogP contribution in [-0.4, -0.2) is 32.7 Å². The van der Waals surface area contributed by atoms with Crippen LogP contribution >= 0.6 is 0 Å². The molecule has 3 N–H and O–H groups in total. The summed E-state index contributed by atoms with van der Waals surface area (Å²) in [4.78, 5) is 4.08. The lowest BCUT2D eigenvalue weighted by atomic mass is 10.1. The van der Waals surface area contributed by atoms with Crippen LogP contribution in [0, 0.1) is 0 Å². The van der Waals surface area contributed by atoms with E-state index < -0.39 is 0 Å². The summed E-state index contributed by atoms with van der Waals surface area (Å²) < 4.78 is 16.9. The molecule has 0 aliphatic heterocycles. The van der Waals surface area contributed by atoms with Gasteiger partial charge in [0.05, 0.1) is 19.8 Å². The minimum atomic E-state index is 0.531. The summed E-state index contributed by atoms with van der Waals surface area (Å²) in [5.41, 5.74) is 3.34. The number of benzene rings is 1. The first kappa shape index (κ1) is 16.1. The van der Waals surface area contributed by atoms with Gasteiger partial charge in [-0.1, -0.05) is 0 Å². The lowest BCUT2D eigenvalue weighted by Gasteiger charge is -2.17. The molecular formula is C14H23N3O3. The van der Waals surface area contributed by atoms with Gasteiger partial charge in [0.15, 0.2) is 11.5 Å². The second-order valence-corrected chi connectivity index (χ2v) is 3.82. The molecule has 1 aromatic rings. The van der Waals surface area contributed by atoms with Gasteiger partial charge in [-0.05, 0) is 32.9 Å². The Hall–Kier alpha value is -1.95. The van der Waals surface area contributed by atoms with Crippen LogP contribution in [0.4, 0.5) is 0 Å². The van der Waals surface area contributed by atoms with Crippen LogP contribution in [0.1, 0.15) is 26.3 Å². The van der Waals surface area contributed by atoms with Crippen molar-refractivity contribution in [1.82, 2.24) is 5.43 Å². The van der Waals surface area contributed by atoms with Gasteiger partial charge in [-0.15, -0.1) is 0 Å². The third-order valence-electron chi connectivity index (χ3n) is 2.54. The van der Waals surface area contributed by atoms with Gasteiger partial charge >= 0.3 is 0 Å². The SMILES string of the molecule is CCOc1cc(C(=NC)NN)cc(OCC)c1OCC. The third kappa shape index (κ3) is 3.77. The number of nitrogens with two attached hydrogens (primary N) is 1. The second kappa shape index (κ2) is 8.27. The predicted molar refractivity (Wildman–Crippen MR) is 79.7 cm³/mol. The summed E-state index contributed by atoms with van der Waals surface area (Å²) in [7, 11) is 1.66. The van der Waals surface area contributed by atoms with E-state index in [9.17, 15) is 0 Å². The molecule has 0 aliphatic rings. The summed E-state index contributed by atoms with van der Waals surface area (Å²) >= 11 is 0. The van der Waals surface area contributed by atoms with Crippen molar-refractivity contribution in [3.63, 3.8) is 0 Å². The maximum Gasteiger partial charge on any atom is 0.203 e. The first-order chi connectivity index (χ1) is 9.71. The van der Waals surface area contributed by atoms with Crippen molar-refractivity contribution in [1.29, 1.82) is 0 Å². The highest BCUT2D eigenvalue weighted by molar-refractivity contribution is 5.99. The van der Waals surface area contributed by atoms with Gasteiger partial charge in [0.25, 0.3) is 0 Å². The van der Waals surface area contributed by atoms with Crippen LogP contribution < -0.4 is 25.5 Å². The van der Waals surface area contributed by atoms with Crippen molar-refractivity contribution in [3.05, 3.63) is 17.7 Å². The molecule has 0 saturated carbocycles. The van der Waals surface area contributed by atoms with Gasteiger partial charge in [0.1, 0.15) is 5.84 Å². The van der Waals surface area contributed by atoms with E-state index >= 15 is 0 Å². The minimum absolute atomic E-state index is 0.531. The number of nitrogens with zero attached hydrogens (tertiary/aromatic N) is 1. The monoisotopic (exact) mass is 281 g/mol. The zero-order valence-electron chi connectivity index (χ0n) is 12.5. The highest BCUT2D eigenvalue weighted by Gasteiger charge is 2.16. The lowest BCUT2D eigenvalue weighted by molar-refractivity contribution is 0.260. The molecule has 6 heteroatoms. The molecule has 0 aromatic heterocycles. The Kier molecular flexibility index (Phi) is 6.66. The van der Waals surface area contributed by atoms with E-state index in [1.807, 2.05) is 32.9 Å². The molecule has 0 radical (unpaired) electrons. The van der Waals surface area contributed by atoms with E-state index in [4.69, 9.17) is 20.1 Å². The van der Waals surface area contributed by atoms with Gasteiger partial charge in [0.2, 0.25) is 5.75 Å². The number of rotatable bonds is 7. The fraction of sp³-hybridized carbons (Fsp3) is 0.500. The number of hydrazine groups is 1. The number of ether oxygens (including phenoxy) is 3. The third-order valence-corrected chi connectivity index (χ3v) is 2.54. The normalized spacial score (nSPS) is 11.2. The first-order valence-corrected chi connectivity index (χ1v) is 6.71. The molecule has 0 saturated heterocycles. The van der Waals surface area contributed by atoms with Gasteiger partial charge in [0, 0.05) is 12.6 Å². The van der Waals surface area contributed by atoms with E-state index in [0.29, 0.717) is 42.9 Å². The zero-order valence-corrected chi connectivity index (χ0v) is 12.5. The molecule has 1 aromatic carbocycles. The molecule has 0 atom stereocenters. The average Bonchev–Trinajstić information content (AvgIpc) is 2.44. The molecule has 0 spiro atoms. The Morgan fingerprint density at radius 2 is 1.55 bits per heavy atom. The van der Waals surface area contributed by atoms with Crippen molar-refractivity contribution in [3.8, 4) is 17.2 Å². The van der Waals surface area contributed by atoms with Gasteiger partial charge in [-0.2, -0.15) is 0 Å². The fourth-order valence-electron chi connectivity index (χ4n) is 1.80. The van der Waals surface area contributed by atoms with E-state index in [1.54, 1.807) is 7.05 Å². The zero-order chi connectivity index (χ0) is 15.0. The van der Waals surface area contributed by atoms with Crippen molar-refractivity contribution < 1.29 is 14.2 Å². The van der Waals surface area contributed by atoms with Crippen LogP contribution in [0.5, 0.6) is 17.2 Å². The summed E-state index contributed by atoms with van der Waals surface area (Å²) in [6.07, 6.45) is 0. The Labute approximate surface area is 119 Å². The molecule has 20 heavy (non-hydrogen) atoms. The Morgan fingerprint density at radius 3 is 1.90 bits per heavy atom. The highest BCUT2D eigenvalue weighted by Crippen LogP contribution is 2.39. The van der Waals surface area contributed by atoms with Crippen molar-refractivity contribution >= 4 is 5.84 Å². The van der Waals surface area contributed by atoms with Crippen LogP contribution in [0.3, 0.4) is 0 Å². The molecule has 1 rings (SSSR count). The molecular weight excluding hydrogens is 258 g/mol. The average molecular weight is 281 g/mol. The standard InChI is InChI=1S/C14H23N3O3/c1-5-18-11-8-10(14(16-4)17-15)9-12(19-6-2)13(11)20-7-3/h8-9H,5-7,15H2,1-4H3,(H,16,17). The van der Waals surface area contributed by atoms with Crippen molar-refractivity contribution in [2.45, 2.75) is 20.8 Å². The number of amidine groups is 1. The van der Waals surface area contributed by atoms with Crippen molar-refractivity contribution in [2.24, 2.45) is 10.8 Å². The highest BCUT2D eigenvalue weighted by atomic mass is 16.5. The molecule has 0 aliphatic carbocycles. The lowest BCUT2D eigenvalue weighted by Crippen LogP contribution is -2.31. The maximum atomic E-state index is 5.63. The van der Waals surface area contributed by atoms with Gasteiger partial charge in [-0.3, -0.25) is 4.99 Å². The Balaban J connectivity index is 3.36.